The van der Waals surface area contributed by atoms with Crippen molar-refractivity contribution in [3.63, 3.8) is 0 Å². The van der Waals surface area contributed by atoms with Crippen LogP contribution in [0.1, 0.15) is 35.1 Å². The zero-order valence-corrected chi connectivity index (χ0v) is 22.7. The van der Waals surface area contributed by atoms with Crippen LogP contribution in [0.5, 0.6) is 11.5 Å². The molecule has 0 atom stereocenters. The summed E-state index contributed by atoms with van der Waals surface area (Å²) in [5, 5.41) is 0. The van der Waals surface area contributed by atoms with Crippen molar-refractivity contribution in [3.8, 4) is 11.5 Å². The third-order valence-electron chi connectivity index (χ3n) is 6.03. The molecule has 2 nitrogen and oxygen atoms in total. The Morgan fingerprint density at radius 2 is 0.756 bits per heavy atom. The summed E-state index contributed by atoms with van der Waals surface area (Å²) in [5.41, 5.74) is -6.90. The Morgan fingerprint density at radius 3 is 0.976 bits per heavy atom. The zero-order chi connectivity index (χ0) is 30.4. The molecule has 2 aromatic rings. The number of hydrogen-bond donors (Lipinski definition) is 0. The molecule has 15 heteroatoms. The van der Waals surface area contributed by atoms with Gasteiger partial charge in [-0.3, -0.25) is 0 Å². The predicted molar refractivity (Wildman–Crippen MR) is 118 cm³/mol. The van der Waals surface area contributed by atoms with Gasteiger partial charge in [-0.25, -0.2) is 0 Å². The molecule has 0 N–H and O–H groups in total. The average Bonchev–Trinajstić information content (AvgIpc) is 3.56. The van der Waals surface area contributed by atoms with E-state index < -0.39 is 79.6 Å². The first-order valence-corrected chi connectivity index (χ1v) is 15.9. The van der Waals surface area contributed by atoms with E-state index >= 15 is 0 Å². The fraction of sp³-hybridized carbons (Fsp3) is 0.231. The van der Waals surface area contributed by atoms with Gasteiger partial charge < -0.3 is 0 Å². The van der Waals surface area contributed by atoms with E-state index in [0.29, 0.717) is 0 Å². The molecule has 0 aliphatic heterocycles. The van der Waals surface area contributed by atoms with Gasteiger partial charge in [0.1, 0.15) is 0 Å². The van der Waals surface area contributed by atoms with Crippen molar-refractivity contribution in [1.82, 2.24) is 0 Å². The normalized spacial score (nSPS) is 16.2. The van der Waals surface area contributed by atoms with Crippen LogP contribution in [-0.4, -0.2) is 0 Å². The summed E-state index contributed by atoms with van der Waals surface area (Å²) in [6, 6.07) is 0.847. The number of halogens is 12. The topological polar surface area (TPSA) is 18.5 Å². The van der Waals surface area contributed by atoms with Crippen molar-refractivity contribution in [3.05, 3.63) is 102 Å². The van der Waals surface area contributed by atoms with E-state index in [9.17, 15) is 52.7 Å². The number of hydrogen-bond acceptors (Lipinski definition) is 2. The molecule has 0 aromatic heterocycles. The molecule has 4 rings (SSSR count). The molecule has 0 fully saturated rings. The summed E-state index contributed by atoms with van der Waals surface area (Å²) in [6.45, 7) is 0. The van der Waals surface area contributed by atoms with E-state index in [0.717, 1.165) is 0 Å². The first kappa shape index (κ1) is 31.0. The van der Waals surface area contributed by atoms with E-state index in [2.05, 4.69) is 0 Å². The summed E-state index contributed by atoms with van der Waals surface area (Å²) in [6.07, 6.45) is -12.3. The Hall–Kier alpha value is -2.96. The summed E-state index contributed by atoms with van der Waals surface area (Å²) in [4.78, 5) is 0. The summed E-state index contributed by atoms with van der Waals surface area (Å²) in [5.74, 6) is -1.90. The third-order valence-corrected chi connectivity index (χ3v) is 14.6. The second-order valence-corrected chi connectivity index (χ2v) is 16.1. The van der Waals surface area contributed by atoms with Crippen LogP contribution < -0.4 is 5.63 Å². The Bertz CT molecular complexity index is 1270. The van der Waals surface area contributed by atoms with E-state index in [-0.39, 0.29) is 55.8 Å². The van der Waals surface area contributed by atoms with Gasteiger partial charge in [-0.15, -0.1) is 0 Å². The van der Waals surface area contributed by atoms with E-state index in [1.54, 1.807) is 0 Å². The second-order valence-electron chi connectivity index (χ2n) is 8.95. The van der Waals surface area contributed by atoms with Gasteiger partial charge in [0.05, 0.1) is 0 Å². The van der Waals surface area contributed by atoms with Crippen molar-refractivity contribution >= 4 is 0 Å². The minimum absolute atomic E-state index is 0.0103. The van der Waals surface area contributed by atoms with Gasteiger partial charge in [-0.1, -0.05) is 0 Å². The summed E-state index contributed by atoms with van der Waals surface area (Å²) in [7, 11) is 0. The molecular formula is C26H16F12O2Zr. The molecule has 2 aliphatic carbocycles. The van der Waals surface area contributed by atoms with Crippen molar-refractivity contribution in [1.29, 1.82) is 0 Å². The van der Waals surface area contributed by atoms with Crippen LogP contribution in [0.15, 0.2) is 79.4 Å². The fourth-order valence-electron chi connectivity index (χ4n) is 4.17. The van der Waals surface area contributed by atoms with E-state index in [1.165, 1.54) is 36.5 Å². The van der Waals surface area contributed by atoms with Gasteiger partial charge in [0.15, 0.2) is 0 Å². The number of allylic oxidation sites excluding steroid dienone is 8. The summed E-state index contributed by atoms with van der Waals surface area (Å²) < 4.78 is 175. The van der Waals surface area contributed by atoms with Crippen LogP contribution in [0.3, 0.4) is 0 Å². The van der Waals surface area contributed by atoms with Gasteiger partial charge in [0, 0.05) is 0 Å². The van der Waals surface area contributed by atoms with Crippen molar-refractivity contribution in [2.45, 2.75) is 37.5 Å². The molecule has 0 unspecified atom stereocenters. The quantitative estimate of drug-likeness (QED) is 0.283. The molecular weight excluding hydrogens is 663 g/mol. The van der Waals surface area contributed by atoms with Crippen molar-refractivity contribution in [2.75, 3.05) is 0 Å². The maximum absolute atomic E-state index is 13.5. The first-order valence-electron chi connectivity index (χ1n) is 11.5. The number of rotatable bonds is 6. The molecule has 41 heavy (non-hydrogen) atoms. The van der Waals surface area contributed by atoms with Gasteiger partial charge in [0.25, 0.3) is 0 Å². The van der Waals surface area contributed by atoms with Crippen molar-refractivity contribution in [2.24, 2.45) is 0 Å². The molecule has 220 valence electrons. The summed E-state index contributed by atoms with van der Waals surface area (Å²) >= 11 is -5.67. The molecule has 0 saturated heterocycles. The SMILES string of the molecule is FC(F)(F)c1cc([O][Zr]([O]c2cc(C(F)(F)F)cc(C(F)(F)F)c2)([C]2=CC=CC2)[C]2=CC=CC2)cc(C(F)(F)F)c1. The third kappa shape index (κ3) is 6.93. The van der Waals surface area contributed by atoms with Crippen LogP contribution in [0, 0.1) is 0 Å². The average molecular weight is 680 g/mol. The molecule has 0 saturated carbocycles. The zero-order valence-electron chi connectivity index (χ0n) is 20.2. The Balaban J connectivity index is 1.94. The standard InChI is InChI=1S/2C8H4F6O.2C5H5.Zr/c2*9-7(10,11)4-1-5(8(12,13)14)3-6(15)2-4;2*1-2-4-5-3-1;/h2*1-3,15H;2*1-3H,4H2;/q;;;;+2/p-2. The van der Waals surface area contributed by atoms with E-state index in [4.69, 9.17) is 5.63 Å². The van der Waals surface area contributed by atoms with Gasteiger partial charge >= 0.3 is 230 Å². The van der Waals surface area contributed by atoms with Crippen LogP contribution in [0.2, 0.25) is 0 Å². The molecule has 0 amide bonds. The second kappa shape index (κ2) is 10.7. The monoisotopic (exact) mass is 678 g/mol. The number of benzene rings is 2. The van der Waals surface area contributed by atoms with Crippen LogP contribution in [0.25, 0.3) is 0 Å². The van der Waals surface area contributed by atoms with Crippen LogP contribution in [-0.2, 0) is 45.9 Å². The minimum atomic E-state index is -5.67. The van der Waals surface area contributed by atoms with Crippen LogP contribution >= 0.6 is 0 Å². The van der Waals surface area contributed by atoms with Gasteiger partial charge in [0.2, 0.25) is 0 Å². The molecule has 0 radical (unpaired) electrons. The molecule has 2 aliphatic rings. The molecule has 0 spiro atoms. The van der Waals surface area contributed by atoms with Gasteiger partial charge in [-0.2, -0.15) is 0 Å². The molecule has 0 bridgehead atoms. The number of alkyl halides is 12. The fourth-order valence-corrected chi connectivity index (χ4v) is 12.2. The van der Waals surface area contributed by atoms with Gasteiger partial charge in [-0.05, 0) is 0 Å². The van der Waals surface area contributed by atoms with Crippen LogP contribution in [0.4, 0.5) is 52.7 Å². The molecule has 0 heterocycles. The maximum atomic E-state index is 13.5. The van der Waals surface area contributed by atoms with E-state index in [1.807, 2.05) is 0 Å². The Morgan fingerprint density at radius 1 is 0.463 bits per heavy atom. The Labute approximate surface area is 229 Å². The predicted octanol–water partition coefficient (Wildman–Crippen LogP) is 9.89. The Kier molecular flexibility index (Phi) is 8.09. The molecule has 2 aromatic carbocycles. The first-order chi connectivity index (χ1) is 18.8. The van der Waals surface area contributed by atoms with Crippen molar-refractivity contribution < 1.29 is 79.5 Å².